The molecule has 0 aliphatic heterocycles. The van der Waals surface area contributed by atoms with Crippen LogP contribution in [0.3, 0.4) is 0 Å². The molecule has 2 aliphatic carbocycles. The molecule has 1 aromatic rings. The summed E-state index contributed by atoms with van der Waals surface area (Å²) in [7, 11) is 0. The summed E-state index contributed by atoms with van der Waals surface area (Å²) in [4.78, 5) is 25.2. The Balaban J connectivity index is 1.50. The Kier molecular flexibility index (Phi) is 5.20. The predicted octanol–water partition coefficient (Wildman–Crippen LogP) is 2.65. The minimum Gasteiger partial charge on any atom is -0.480 e. The maximum atomic E-state index is 13.2. The van der Waals surface area contributed by atoms with Gasteiger partial charge in [-0.2, -0.15) is 0 Å². The minimum absolute atomic E-state index is 0.0434. The minimum atomic E-state index is -0.806. The van der Waals surface area contributed by atoms with E-state index in [9.17, 15) is 14.0 Å². The molecule has 2 N–H and O–H groups in total. The molecular formula is C17H20BrFN2O3. The summed E-state index contributed by atoms with van der Waals surface area (Å²) in [6.45, 7) is 0.898. The zero-order valence-corrected chi connectivity index (χ0v) is 14.8. The molecule has 2 saturated carbocycles. The number of hydrogen-bond donors (Lipinski definition) is 2. The van der Waals surface area contributed by atoms with Gasteiger partial charge in [0.1, 0.15) is 5.82 Å². The number of aliphatic carboxylic acids is 1. The molecule has 0 bridgehead atoms. The van der Waals surface area contributed by atoms with Crippen LogP contribution in [0.1, 0.15) is 36.0 Å². The third kappa shape index (κ3) is 4.33. The largest absolute Gasteiger partial charge is 0.480 e. The SMILES string of the molecule is O=C(O)CN(CC1CC1)C1CC(NC(=O)c2ccc(F)c(Br)c2)C1. The van der Waals surface area contributed by atoms with Gasteiger partial charge in [0.2, 0.25) is 0 Å². The van der Waals surface area contributed by atoms with Crippen molar-refractivity contribution >= 4 is 27.8 Å². The fourth-order valence-corrected chi connectivity index (χ4v) is 3.44. The molecule has 24 heavy (non-hydrogen) atoms. The van der Waals surface area contributed by atoms with Crippen LogP contribution in [0.2, 0.25) is 0 Å². The van der Waals surface area contributed by atoms with Crippen LogP contribution in [-0.4, -0.2) is 47.1 Å². The highest BCUT2D eigenvalue weighted by atomic mass is 79.9. The van der Waals surface area contributed by atoms with Crippen molar-refractivity contribution < 1.29 is 19.1 Å². The lowest BCUT2D eigenvalue weighted by atomic mass is 9.85. The fourth-order valence-electron chi connectivity index (χ4n) is 3.06. The molecule has 0 saturated heterocycles. The Morgan fingerprint density at radius 3 is 2.62 bits per heavy atom. The molecule has 0 unspecified atom stereocenters. The molecule has 7 heteroatoms. The van der Waals surface area contributed by atoms with E-state index in [1.54, 1.807) is 0 Å². The molecule has 0 radical (unpaired) electrons. The second kappa shape index (κ2) is 7.19. The Bertz CT molecular complexity index is 645. The van der Waals surface area contributed by atoms with E-state index in [1.165, 1.54) is 31.0 Å². The van der Waals surface area contributed by atoms with Gasteiger partial charge in [-0.1, -0.05) is 0 Å². The highest BCUT2D eigenvalue weighted by Gasteiger charge is 2.37. The molecule has 0 atom stereocenters. The first-order chi connectivity index (χ1) is 11.4. The van der Waals surface area contributed by atoms with Gasteiger partial charge in [-0.3, -0.25) is 14.5 Å². The molecule has 5 nitrogen and oxygen atoms in total. The number of carbonyl (C=O) groups is 2. The highest BCUT2D eigenvalue weighted by Crippen LogP contribution is 2.33. The molecule has 3 rings (SSSR count). The van der Waals surface area contributed by atoms with Gasteiger partial charge in [0.15, 0.2) is 0 Å². The second-order valence-electron chi connectivity index (χ2n) is 6.69. The van der Waals surface area contributed by atoms with Gasteiger partial charge in [-0.15, -0.1) is 0 Å². The van der Waals surface area contributed by atoms with Gasteiger partial charge in [0.25, 0.3) is 5.91 Å². The quantitative estimate of drug-likeness (QED) is 0.740. The van der Waals surface area contributed by atoms with E-state index in [0.29, 0.717) is 11.5 Å². The molecule has 130 valence electrons. The van der Waals surface area contributed by atoms with Crippen LogP contribution in [0.15, 0.2) is 22.7 Å². The van der Waals surface area contributed by atoms with E-state index in [1.807, 2.05) is 4.90 Å². The summed E-state index contributed by atoms with van der Waals surface area (Å²) < 4.78 is 13.5. The number of carboxylic acid groups (broad SMARTS) is 1. The van der Waals surface area contributed by atoms with Gasteiger partial charge in [-0.25, -0.2) is 4.39 Å². The summed E-state index contributed by atoms with van der Waals surface area (Å²) in [6, 6.07) is 4.43. The number of benzene rings is 1. The van der Waals surface area contributed by atoms with Crippen LogP contribution in [0.4, 0.5) is 4.39 Å². The van der Waals surface area contributed by atoms with Gasteiger partial charge in [-0.05, 0) is 65.7 Å². The number of hydrogen-bond acceptors (Lipinski definition) is 3. The lowest BCUT2D eigenvalue weighted by Crippen LogP contribution is -2.55. The molecule has 0 heterocycles. The summed E-state index contributed by atoms with van der Waals surface area (Å²) in [5.74, 6) is -0.806. The summed E-state index contributed by atoms with van der Waals surface area (Å²) in [6.07, 6.45) is 3.88. The standard InChI is InChI=1S/C17H20BrFN2O3/c18-14-5-11(3-4-15(14)19)17(24)20-12-6-13(7-12)21(9-16(22)23)8-10-1-2-10/h3-5,10,12-13H,1-2,6-9H2,(H,20,24)(H,22,23). The van der Waals surface area contributed by atoms with E-state index < -0.39 is 11.8 Å². The second-order valence-corrected chi connectivity index (χ2v) is 7.55. The van der Waals surface area contributed by atoms with Crippen LogP contribution >= 0.6 is 15.9 Å². The molecule has 2 fully saturated rings. The van der Waals surface area contributed by atoms with Crippen LogP contribution in [0, 0.1) is 11.7 Å². The van der Waals surface area contributed by atoms with Gasteiger partial charge < -0.3 is 10.4 Å². The number of nitrogens with one attached hydrogen (secondary N) is 1. The van der Waals surface area contributed by atoms with Crippen molar-refractivity contribution in [3.05, 3.63) is 34.1 Å². The molecule has 2 aliphatic rings. The van der Waals surface area contributed by atoms with Crippen molar-refractivity contribution in [1.82, 2.24) is 10.2 Å². The average molecular weight is 399 g/mol. The summed E-state index contributed by atoms with van der Waals surface area (Å²) in [5.41, 5.74) is 0.409. The maximum absolute atomic E-state index is 13.2. The van der Waals surface area contributed by atoms with Crippen molar-refractivity contribution in [1.29, 1.82) is 0 Å². The molecule has 1 aromatic carbocycles. The lowest BCUT2D eigenvalue weighted by Gasteiger charge is -2.42. The third-order valence-corrected chi connectivity index (χ3v) is 5.28. The monoisotopic (exact) mass is 398 g/mol. The first-order valence-corrected chi connectivity index (χ1v) is 8.93. The Morgan fingerprint density at radius 1 is 1.33 bits per heavy atom. The van der Waals surface area contributed by atoms with Gasteiger partial charge in [0, 0.05) is 24.2 Å². The predicted molar refractivity (Wildman–Crippen MR) is 90.3 cm³/mol. The van der Waals surface area contributed by atoms with E-state index in [-0.39, 0.29) is 29.0 Å². The van der Waals surface area contributed by atoms with E-state index >= 15 is 0 Å². The van der Waals surface area contributed by atoms with Gasteiger partial charge in [0.05, 0.1) is 11.0 Å². The van der Waals surface area contributed by atoms with Crippen LogP contribution in [0.25, 0.3) is 0 Å². The number of halogens is 2. The van der Waals surface area contributed by atoms with Crippen LogP contribution < -0.4 is 5.32 Å². The zero-order valence-electron chi connectivity index (χ0n) is 13.2. The number of amides is 1. The molecular weight excluding hydrogens is 379 g/mol. The Morgan fingerprint density at radius 2 is 2.04 bits per heavy atom. The van der Waals surface area contributed by atoms with Crippen LogP contribution in [0.5, 0.6) is 0 Å². The van der Waals surface area contributed by atoms with Gasteiger partial charge >= 0.3 is 5.97 Å². The maximum Gasteiger partial charge on any atom is 0.317 e. The third-order valence-electron chi connectivity index (χ3n) is 4.67. The number of nitrogens with zero attached hydrogens (tertiary/aromatic N) is 1. The molecule has 0 aromatic heterocycles. The number of rotatable bonds is 7. The fraction of sp³-hybridized carbons (Fsp3) is 0.529. The van der Waals surface area contributed by atoms with Crippen molar-refractivity contribution in [2.75, 3.05) is 13.1 Å². The van der Waals surface area contributed by atoms with E-state index in [0.717, 1.165) is 19.4 Å². The van der Waals surface area contributed by atoms with Crippen molar-refractivity contribution in [2.45, 2.75) is 37.8 Å². The summed E-state index contributed by atoms with van der Waals surface area (Å²) in [5, 5.41) is 12.0. The smallest absolute Gasteiger partial charge is 0.317 e. The van der Waals surface area contributed by atoms with Crippen molar-refractivity contribution in [2.24, 2.45) is 5.92 Å². The van der Waals surface area contributed by atoms with E-state index in [2.05, 4.69) is 21.2 Å². The first-order valence-electron chi connectivity index (χ1n) is 8.14. The number of carbonyl (C=O) groups excluding carboxylic acids is 1. The summed E-state index contributed by atoms with van der Waals surface area (Å²) >= 11 is 3.07. The van der Waals surface area contributed by atoms with Crippen molar-refractivity contribution in [3.8, 4) is 0 Å². The Labute approximate surface area is 148 Å². The highest BCUT2D eigenvalue weighted by molar-refractivity contribution is 9.10. The van der Waals surface area contributed by atoms with Crippen molar-refractivity contribution in [3.63, 3.8) is 0 Å². The zero-order chi connectivity index (χ0) is 17.3. The lowest BCUT2D eigenvalue weighted by molar-refractivity contribution is -0.139. The number of carboxylic acids is 1. The molecule has 1 amide bonds. The normalized spacial score (nSPS) is 23.0. The van der Waals surface area contributed by atoms with Crippen LogP contribution in [-0.2, 0) is 4.79 Å². The molecule has 0 spiro atoms. The Hall–Kier alpha value is -1.47. The average Bonchev–Trinajstić information content (AvgIpc) is 3.28. The van der Waals surface area contributed by atoms with E-state index in [4.69, 9.17) is 5.11 Å². The first kappa shape index (κ1) is 17.4. The topological polar surface area (TPSA) is 69.6 Å².